The number of carboxylic acids is 1. The van der Waals surface area contributed by atoms with Crippen molar-refractivity contribution < 1.29 is 23.1 Å². The quantitative estimate of drug-likeness (QED) is 0.506. The van der Waals surface area contributed by atoms with Gasteiger partial charge in [0, 0.05) is 18.8 Å². The van der Waals surface area contributed by atoms with Gasteiger partial charge in [0.2, 0.25) is 0 Å². The Morgan fingerprint density at radius 3 is 2.40 bits per heavy atom. The van der Waals surface area contributed by atoms with Gasteiger partial charge in [0.1, 0.15) is 0 Å². The zero-order valence-corrected chi connectivity index (χ0v) is 17.4. The van der Waals surface area contributed by atoms with E-state index in [1.807, 2.05) is 37.3 Å². The average molecular weight is 429 g/mol. The minimum Gasteiger partial charge on any atom is -0.478 e. The molecule has 3 aromatic rings. The number of carboxylic acid groups (broad SMARTS) is 1. The first-order valence-corrected chi connectivity index (χ1v) is 10.9. The van der Waals surface area contributed by atoms with Crippen LogP contribution in [0.15, 0.2) is 71.8 Å². The van der Waals surface area contributed by atoms with Crippen molar-refractivity contribution in [3.8, 4) is 0 Å². The third kappa shape index (κ3) is 4.79. The maximum Gasteiger partial charge on any atom is 0.337 e. The van der Waals surface area contributed by atoms with E-state index in [0.717, 1.165) is 15.1 Å². The fourth-order valence-electron chi connectivity index (χ4n) is 3.12. The molecule has 0 fully saturated rings. The van der Waals surface area contributed by atoms with Gasteiger partial charge in [-0.1, -0.05) is 48.0 Å². The van der Waals surface area contributed by atoms with E-state index in [2.05, 4.69) is 0 Å². The molecule has 30 heavy (non-hydrogen) atoms. The van der Waals surface area contributed by atoms with E-state index < -0.39 is 22.0 Å². The first kappa shape index (κ1) is 21.8. The van der Waals surface area contributed by atoms with Crippen LogP contribution in [0, 0.1) is 6.92 Å². The smallest absolute Gasteiger partial charge is 0.337 e. The number of ether oxygens (including phenoxy) is 1. The SMILES string of the molecule is Cc1ccc(S(=O)(=O)n2ccc(C(=O)O)c2[C@H](N)CCOCc2ccccc2)cc1. The van der Waals surface area contributed by atoms with Gasteiger partial charge in [-0.3, -0.25) is 0 Å². The van der Waals surface area contributed by atoms with Crippen LogP contribution in [0.2, 0.25) is 0 Å². The van der Waals surface area contributed by atoms with Crippen molar-refractivity contribution in [1.82, 2.24) is 3.97 Å². The second-order valence-corrected chi connectivity index (χ2v) is 8.78. The van der Waals surface area contributed by atoms with Crippen molar-refractivity contribution >= 4 is 16.0 Å². The molecule has 8 heteroatoms. The van der Waals surface area contributed by atoms with Gasteiger partial charge in [-0.25, -0.2) is 17.2 Å². The Bertz CT molecular complexity index is 1110. The van der Waals surface area contributed by atoms with Gasteiger partial charge >= 0.3 is 5.97 Å². The number of nitrogens with zero attached hydrogens (tertiary/aromatic N) is 1. The molecule has 3 rings (SSSR count). The molecule has 1 heterocycles. The summed E-state index contributed by atoms with van der Waals surface area (Å²) in [5.74, 6) is -1.23. The highest BCUT2D eigenvalue weighted by Crippen LogP contribution is 2.26. The monoisotopic (exact) mass is 428 g/mol. The highest BCUT2D eigenvalue weighted by Gasteiger charge is 2.28. The minimum atomic E-state index is -3.99. The second-order valence-electron chi connectivity index (χ2n) is 6.97. The van der Waals surface area contributed by atoms with Crippen LogP contribution in [-0.2, 0) is 21.4 Å². The van der Waals surface area contributed by atoms with E-state index in [4.69, 9.17) is 10.5 Å². The van der Waals surface area contributed by atoms with Crippen LogP contribution in [0.3, 0.4) is 0 Å². The lowest BCUT2D eigenvalue weighted by atomic mass is 10.1. The molecule has 158 valence electrons. The van der Waals surface area contributed by atoms with Crippen LogP contribution in [0.5, 0.6) is 0 Å². The van der Waals surface area contributed by atoms with Crippen molar-refractivity contribution in [1.29, 1.82) is 0 Å². The zero-order valence-electron chi connectivity index (χ0n) is 16.6. The van der Waals surface area contributed by atoms with Gasteiger partial charge in [0.15, 0.2) is 0 Å². The lowest BCUT2D eigenvalue weighted by Gasteiger charge is -2.17. The molecule has 0 spiro atoms. The minimum absolute atomic E-state index is 0.0337. The van der Waals surface area contributed by atoms with Gasteiger partial charge in [0.25, 0.3) is 10.0 Å². The predicted octanol–water partition coefficient (Wildman–Crippen LogP) is 3.34. The number of aryl methyl sites for hydroxylation is 1. The van der Waals surface area contributed by atoms with Crippen LogP contribution in [-0.4, -0.2) is 30.1 Å². The molecule has 0 aliphatic heterocycles. The van der Waals surface area contributed by atoms with Gasteiger partial charge in [-0.2, -0.15) is 0 Å². The standard InChI is InChI=1S/C22H24N2O5S/c1-16-7-9-18(10-8-16)30(27,28)24-13-11-19(22(25)26)21(24)20(23)12-14-29-15-17-5-3-2-4-6-17/h2-11,13,20H,12,14-15,23H2,1H3,(H,25,26)/t20-/m1/s1. The van der Waals surface area contributed by atoms with Crippen LogP contribution >= 0.6 is 0 Å². The Morgan fingerprint density at radius 1 is 1.10 bits per heavy atom. The summed E-state index contributed by atoms with van der Waals surface area (Å²) in [6, 6.07) is 16.4. The largest absolute Gasteiger partial charge is 0.478 e. The zero-order chi connectivity index (χ0) is 21.7. The molecule has 1 atom stereocenters. The van der Waals surface area contributed by atoms with Gasteiger partial charge in [0.05, 0.1) is 22.8 Å². The number of carbonyl (C=O) groups is 1. The summed E-state index contributed by atoms with van der Waals surface area (Å²) in [5.41, 5.74) is 8.04. The van der Waals surface area contributed by atoms with Gasteiger partial charge in [-0.05, 0) is 37.1 Å². The van der Waals surface area contributed by atoms with Crippen LogP contribution in [0.4, 0.5) is 0 Å². The molecule has 0 aliphatic carbocycles. The average Bonchev–Trinajstić information content (AvgIpc) is 3.19. The number of aromatic nitrogens is 1. The van der Waals surface area contributed by atoms with Gasteiger partial charge < -0.3 is 15.6 Å². The lowest BCUT2D eigenvalue weighted by molar-refractivity contribution is 0.0694. The molecule has 7 nitrogen and oxygen atoms in total. The number of benzene rings is 2. The Labute approximate surface area is 175 Å². The van der Waals surface area contributed by atoms with E-state index in [0.29, 0.717) is 6.61 Å². The predicted molar refractivity (Wildman–Crippen MR) is 113 cm³/mol. The molecule has 0 saturated carbocycles. The Hall–Kier alpha value is -2.94. The van der Waals surface area contributed by atoms with Gasteiger partial charge in [-0.15, -0.1) is 0 Å². The summed E-state index contributed by atoms with van der Waals surface area (Å²) >= 11 is 0. The lowest BCUT2D eigenvalue weighted by Crippen LogP contribution is -2.24. The summed E-state index contributed by atoms with van der Waals surface area (Å²) in [6.45, 7) is 2.50. The number of nitrogens with two attached hydrogens (primary N) is 1. The van der Waals surface area contributed by atoms with E-state index >= 15 is 0 Å². The number of hydrogen-bond donors (Lipinski definition) is 2. The van der Waals surface area contributed by atoms with E-state index in [1.54, 1.807) is 12.1 Å². The molecule has 0 saturated heterocycles. The third-order valence-corrected chi connectivity index (χ3v) is 6.44. The Morgan fingerprint density at radius 2 is 1.77 bits per heavy atom. The number of hydrogen-bond acceptors (Lipinski definition) is 5. The maximum absolute atomic E-state index is 13.1. The van der Waals surface area contributed by atoms with Crippen molar-refractivity contribution in [3.05, 3.63) is 89.2 Å². The number of rotatable bonds is 9. The summed E-state index contributed by atoms with van der Waals surface area (Å²) < 4.78 is 32.8. The third-order valence-electron chi connectivity index (χ3n) is 4.73. The summed E-state index contributed by atoms with van der Waals surface area (Å²) in [6.07, 6.45) is 1.50. The fraction of sp³-hybridized carbons (Fsp3) is 0.227. The first-order chi connectivity index (χ1) is 14.3. The summed E-state index contributed by atoms with van der Waals surface area (Å²) in [4.78, 5) is 11.7. The van der Waals surface area contributed by atoms with E-state index in [-0.39, 0.29) is 29.2 Å². The Kier molecular flexibility index (Phi) is 6.71. The van der Waals surface area contributed by atoms with Crippen molar-refractivity contribution in [2.45, 2.75) is 30.9 Å². The molecule has 0 aliphatic rings. The number of aromatic carboxylic acids is 1. The van der Waals surface area contributed by atoms with Crippen LogP contribution in [0.1, 0.15) is 39.6 Å². The summed E-state index contributed by atoms with van der Waals surface area (Å²) in [5, 5.41) is 9.53. The van der Waals surface area contributed by atoms with E-state index in [1.165, 1.54) is 24.4 Å². The highest BCUT2D eigenvalue weighted by molar-refractivity contribution is 7.90. The maximum atomic E-state index is 13.1. The van der Waals surface area contributed by atoms with Crippen molar-refractivity contribution in [2.75, 3.05) is 6.61 Å². The van der Waals surface area contributed by atoms with Crippen LogP contribution in [0.25, 0.3) is 0 Å². The molecule has 0 radical (unpaired) electrons. The molecule has 0 amide bonds. The molecule has 0 bridgehead atoms. The molecule has 1 aromatic heterocycles. The fourth-order valence-corrected chi connectivity index (χ4v) is 4.54. The highest BCUT2D eigenvalue weighted by atomic mass is 32.2. The first-order valence-electron chi connectivity index (χ1n) is 9.44. The summed E-state index contributed by atoms with van der Waals surface area (Å²) in [7, 11) is -3.99. The van der Waals surface area contributed by atoms with Crippen molar-refractivity contribution in [3.63, 3.8) is 0 Å². The molecule has 0 unspecified atom stereocenters. The topological polar surface area (TPSA) is 112 Å². The molecule has 2 aromatic carbocycles. The molecular formula is C22H24N2O5S. The molecule has 3 N–H and O–H groups in total. The second kappa shape index (κ2) is 9.25. The van der Waals surface area contributed by atoms with Crippen LogP contribution < -0.4 is 5.73 Å². The molecular weight excluding hydrogens is 404 g/mol. The Balaban J connectivity index is 1.81. The normalized spacial score (nSPS) is 12.6. The van der Waals surface area contributed by atoms with E-state index in [9.17, 15) is 18.3 Å². The van der Waals surface area contributed by atoms with Crippen molar-refractivity contribution in [2.24, 2.45) is 5.73 Å².